The molecule has 4 aliphatic carbocycles. The van der Waals surface area contributed by atoms with Gasteiger partial charge >= 0.3 is 6.18 Å². The molecule has 0 spiro atoms. The Bertz CT molecular complexity index is 357. The molecule has 4 bridgehead atoms. The lowest BCUT2D eigenvalue weighted by atomic mass is 9.47. The van der Waals surface area contributed by atoms with Gasteiger partial charge in [-0.2, -0.15) is 13.2 Å². The maximum absolute atomic E-state index is 14.6. The Morgan fingerprint density at radius 1 is 0.889 bits per heavy atom. The Balaban J connectivity index is 1.92. The van der Waals surface area contributed by atoms with Gasteiger partial charge in [0.2, 0.25) is 0 Å². The van der Waals surface area contributed by atoms with Crippen molar-refractivity contribution in [2.24, 2.45) is 11.8 Å². The summed E-state index contributed by atoms with van der Waals surface area (Å²) in [6.45, 7) is 0. The van der Waals surface area contributed by atoms with E-state index in [1.165, 1.54) is 0 Å². The number of hydrogen-bond donors (Lipinski definition) is 0. The fourth-order valence-corrected chi connectivity index (χ4v) is 4.68. The molecule has 0 aromatic carbocycles. The minimum atomic E-state index is -4.48. The molecule has 3 unspecified atom stereocenters. The summed E-state index contributed by atoms with van der Waals surface area (Å²) in [4.78, 5) is 0. The molecule has 0 aliphatic heterocycles. The fourth-order valence-electron chi connectivity index (χ4n) is 4.68. The van der Waals surface area contributed by atoms with Crippen molar-refractivity contribution in [2.75, 3.05) is 0 Å². The van der Waals surface area contributed by atoms with Crippen LogP contribution in [0.2, 0.25) is 0 Å². The van der Waals surface area contributed by atoms with E-state index in [0.29, 0.717) is 0 Å². The highest BCUT2D eigenvalue weighted by atomic mass is 19.4. The molecule has 0 amide bonds. The quantitative estimate of drug-likeness (QED) is 0.625. The Labute approximate surface area is 101 Å². The van der Waals surface area contributed by atoms with E-state index in [2.05, 4.69) is 0 Å². The zero-order valence-corrected chi connectivity index (χ0v) is 9.67. The van der Waals surface area contributed by atoms with Crippen molar-refractivity contribution < 1.29 is 26.3 Å². The lowest BCUT2D eigenvalue weighted by Crippen LogP contribution is -2.66. The van der Waals surface area contributed by atoms with E-state index in [1.807, 2.05) is 0 Å². The van der Waals surface area contributed by atoms with Crippen LogP contribution in [0, 0.1) is 11.8 Å². The van der Waals surface area contributed by atoms with Crippen LogP contribution in [0.15, 0.2) is 0 Å². The first-order chi connectivity index (χ1) is 8.03. The van der Waals surface area contributed by atoms with Crippen molar-refractivity contribution in [3.63, 3.8) is 0 Å². The van der Waals surface area contributed by atoms with Gasteiger partial charge in [0, 0.05) is 31.6 Å². The summed E-state index contributed by atoms with van der Waals surface area (Å²) in [6, 6.07) is 0. The third-order valence-corrected chi connectivity index (χ3v) is 4.80. The molecule has 0 nitrogen and oxygen atoms in total. The molecular formula is C12H14F6. The standard InChI is InChI=1S/C12H14F6/c13-9-1-7-2-10(14,4-9)6-11(15,5-9)8(7)3-12(16,17)18/h7-8H,1-6H2. The highest BCUT2D eigenvalue weighted by Crippen LogP contribution is 2.66. The predicted molar refractivity (Wildman–Crippen MR) is 52.3 cm³/mol. The topological polar surface area (TPSA) is 0 Å². The van der Waals surface area contributed by atoms with Gasteiger partial charge in [0.25, 0.3) is 0 Å². The van der Waals surface area contributed by atoms with Crippen molar-refractivity contribution in [1.29, 1.82) is 0 Å². The average molecular weight is 272 g/mol. The number of alkyl halides is 6. The Morgan fingerprint density at radius 3 is 1.78 bits per heavy atom. The van der Waals surface area contributed by atoms with Gasteiger partial charge in [0.15, 0.2) is 0 Å². The third-order valence-electron chi connectivity index (χ3n) is 4.80. The van der Waals surface area contributed by atoms with E-state index < -0.39 is 54.3 Å². The molecule has 18 heavy (non-hydrogen) atoms. The van der Waals surface area contributed by atoms with Gasteiger partial charge in [-0.05, 0) is 18.8 Å². The lowest BCUT2D eigenvalue weighted by molar-refractivity contribution is -0.241. The third kappa shape index (κ3) is 1.83. The molecular weight excluding hydrogens is 258 g/mol. The molecule has 6 heteroatoms. The zero-order chi connectivity index (χ0) is 13.4. The predicted octanol–water partition coefficient (Wildman–Crippen LogP) is 4.29. The minimum Gasteiger partial charge on any atom is -0.244 e. The lowest BCUT2D eigenvalue weighted by Gasteiger charge is -2.61. The summed E-state index contributed by atoms with van der Waals surface area (Å²) < 4.78 is 80.4. The van der Waals surface area contributed by atoms with E-state index in [4.69, 9.17) is 0 Å². The largest absolute Gasteiger partial charge is 0.389 e. The molecule has 0 heterocycles. The van der Waals surface area contributed by atoms with Crippen molar-refractivity contribution in [3.8, 4) is 0 Å². The second-order valence-corrected chi connectivity index (χ2v) is 6.46. The van der Waals surface area contributed by atoms with Gasteiger partial charge in [-0.25, -0.2) is 13.2 Å². The van der Waals surface area contributed by atoms with Gasteiger partial charge in [0.1, 0.15) is 17.0 Å². The molecule has 104 valence electrons. The second-order valence-electron chi connectivity index (χ2n) is 6.46. The minimum absolute atomic E-state index is 0.120. The van der Waals surface area contributed by atoms with E-state index in [-0.39, 0.29) is 19.3 Å². The molecule has 0 aromatic heterocycles. The average Bonchev–Trinajstić information content (AvgIpc) is 2.04. The highest BCUT2D eigenvalue weighted by molar-refractivity contribution is 5.19. The van der Waals surface area contributed by atoms with Crippen molar-refractivity contribution >= 4 is 0 Å². The summed E-state index contributed by atoms with van der Waals surface area (Å²) in [5.41, 5.74) is -6.20. The highest BCUT2D eigenvalue weighted by Gasteiger charge is 2.70. The molecule has 4 saturated carbocycles. The van der Waals surface area contributed by atoms with E-state index >= 15 is 0 Å². The van der Waals surface area contributed by atoms with Crippen LogP contribution in [0.25, 0.3) is 0 Å². The van der Waals surface area contributed by atoms with Gasteiger partial charge in [0.05, 0.1) is 0 Å². The molecule has 0 saturated heterocycles. The van der Waals surface area contributed by atoms with E-state index in [9.17, 15) is 26.3 Å². The number of rotatable bonds is 1. The smallest absolute Gasteiger partial charge is 0.244 e. The summed E-state index contributed by atoms with van der Waals surface area (Å²) in [7, 11) is 0. The van der Waals surface area contributed by atoms with Crippen LogP contribution < -0.4 is 0 Å². The van der Waals surface area contributed by atoms with Crippen LogP contribution in [0.4, 0.5) is 26.3 Å². The summed E-state index contributed by atoms with van der Waals surface area (Å²) >= 11 is 0. The van der Waals surface area contributed by atoms with Gasteiger partial charge in [-0.1, -0.05) is 0 Å². The van der Waals surface area contributed by atoms with Crippen molar-refractivity contribution in [2.45, 2.75) is 61.7 Å². The summed E-state index contributed by atoms with van der Waals surface area (Å²) in [5, 5.41) is 0. The summed E-state index contributed by atoms with van der Waals surface area (Å²) in [6.07, 6.45) is -7.46. The molecule has 0 radical (unpaired) electrons. The van der Waals surface area contributed by atoms with Gasteiger partial charge in [-0.3, -0.25) is 0 Å². The molecule has 4 aliphatic rings. The normalized spacial score (nSPS) is 55.0. The van der Waals surface area contributed by atoms with Crippen LogP contribution in [-0.4, -0.2) is 23.2 Å². The van der Waals surface area contributed by atoms with Gasteiger partial charge < -0.3 is 0 Å². The molecule has 4 rings (SSSR count). The maximum atomic E-state index is 14.6. The van der Waals surface area contributed by atoms with E-state index in [0.717, 1.165) is 0 Å². The first-order valence-electron chi connectivity index (χ1n) is 6.16. The maximum Gasteiger partial charge on any atom is 0.389 e. The van der Waals surface area contributed by atoms with Crippen molar-refractivity contribution in [1.82, 2.24) is 0 Å². The summed E-state index contributed by atoms with van der Waals surface area (Å²) in [5.74, 6) is -2.09. The Hall–Kier alpha value is -0.420. The van der Waals surface area contributed by atoms with E-state index in [1.54, 1.807) is 0 Å². The SMILES string of the molecule is FC(F)(F)CC1C2CC3(F)CC(F)(C2)CC1(F)C3. The number of halogens is 6. The first-order valence-corrected chi connectivity index (χ1v) is 6.16. The Morgan fingerprint density at radius 2 is 1.39 bits per heavy atom. The zero-order valence-electron chi connectivity index (χ0n) is 9.67. The van der Waals surface area contributed by atoms with Crippen LogP contribution in [-0.2, 0) is 0 Å². The first kappa shape index (κ1) is 12.6. The van der Waals surface area contributed by atoms with Crippen LogP contribution in [0.1, 0.15) is 38.5 Å². The molecule has 3 atom stereocenters. The van der Waals surface area contributed by atoms with Crippen molar-refractivity contribution in [3.05, 3.63) is 0 Å². The van der Waals surface area contributed by atoms with Gasteiger partial charge in [-0.15, -0.1) is 0 Å². The van der Waals surface area contributed by atoms with Crippen LogP contribution in [0.5, 0.6) is 0 Å². The monoisotopic (exact) mass is 272 g/mol. The molecule has 0 N–H and O–H groups in total. The second kappa shape index (κ2) is 3.18. The van der Waals surface area contributed by atoms with Crippen LogP contribution >= 0.6 is 0 Å². The molecule has 4 fully saturated rings. The molecule has 0 aromatic rings. The van der Waals surface area contributed by atoms with Crippen LogP contribution in [0.3, 0.4) is 0 Å². The Kier molecular flexibility index (Phi) is 2.23. The number of hydrogen-bond acceptors (Lipinski definition) is 0. The fraction of sp³-hybridized carbons (Fsp3) is 1.00.